The van der Waals surface area contributed by atoms with Crippen LogP contribution in [0.15, 0.2) is 54.6 Å². The predicted octanol–water partition coefficient (Wildman–Crippen LogP) is 4.66. The van der Waals surface area contributed by atoms with E-state index < -0.39 is 0 Å². The highest BCUT2D eigenvalue weighted by Crippen LogP contribution is 2.29. The molecule has 0 unspecified atom stereocenters. The highest BCUT2D eigenvalue weighted by molar-refractivity contribution is 5.88. The number of hydrogen-bond acceptors (Lipinski definition) is 2. The Labute approximate surface area is 122 Å². The first-order valence-electron chi connectivity index (χ1n) is 6.63. The Bertz CT molecular complexity index is 796. The van der Waals surface area contributed by atoms with Gasteiger partial charge in [-0.15, -0.1) is 0 Å². The molecule has 0 N–H and O–H groups in total. The van der Waals surface area contributed by atoms with E-state index in [0.29, 0.717) is 0 Å². The maximum absolute atomic E-state index is 13.8. The summed E-state index contributed by atoms with van der Waals surface area (Å²) >= 11 is 0. The van der Waals surface area contributed by atoms with E-state index in [4.69, 9.17) is 9.47 Å². The second-order valence-electron chi connectivity index (χ2n) is 4.78. The van der Waals surface area contributed by atoms with E-state index in [9.17, 15) is 4.39 Å². The molecule has 0 aliphatic rings. The van der Waals surface area contributed by atoms with Crippen molar-refractivity contribution in [2.75, 3.05) is 14.2 Å². The molecule has 3 aromatic rings. The molecule has 21 heavy (non-hydrogen) atoms. The molecular weight excluding hydrogens is 267 g/mol. The molecule has 0 aliphatic carbocycles. The predicted molar refractivity (Wildman–Crippen MR) is 82.4 cm³/mol. The fraction of sp³-hybridized carbons (Fsp3) is 0.111. The molecule has 0 radical (unpaired) electrons. The van der Waals surface area contributed by atoms with Crippen LogP contribution in [0.1, 0.15) is 0 Å². The van der Waals surface area contributed by atoms with Crippen molar-refractivity contribution < 1.29 is 13.9 Å². The summed E-state index contributed by atoms with van der Waals surface area (Å²) in [6.07, 6.45) is 0. The van der Waals surface area contributed by atoms with Crippen LogP contribution in [0, 0.1) is 5.82 Å². The third kappa shape index (κ3) is 2.55. The summed E-state index contributed by atoms with van der Waals surface area (Å²) in [6.45, 7) is 0. The van der Waals surface area contributed by atoms with E-state index in [1.54, 1.807) is 13.2 Å². The van der Waals surface area contributed by atoms with Crippen LogP contribution < -0.4 is 9.47 Å². The van der Waals surface area contributed by atoms with Gasteiger partial charge in [0.25, 0.3) is 0 Å². The quantitative estimate of drug-likeness (QED) is 0.695. The zero-order valence-electron chi connectivity index (χ0n) is 11.9. The molecule has 3 rings (SSSR count). The maximum Gasteiger partial charge on any atom is 0.165 e. The topological polar surface area (TPSA) is 18.5 Å². The minimum Gasteiger partial charge on any atom is -0.497 e. The van der Waals surface area contributed by atoms with Crippen LogP contribution >= 0.6 is 0 Å². The van der Waals surface area contributed by atoms with Gasteiger partial charge in [-0.1, -0.05) is 24.3 Å². The zero-order chi connectivity index (χ0) is 14.8. The van der Waals surface area contributed by atoms with Crippen molar-refractivity contribution in [3.63, 3.8) is 0 Å². The minimum absolute atomic E-state index is 0.254. The van der Waals surface area contributed by atoms with Crippen molar-refractivity contribution >= 4 is 10.8 Å². The fourth-order valence-corrected chi connectivity index (χ4v) is 2.38. The van der Waals surface area contributed by atoms with E-state index in [-0.39, 0.29) is 11.6 Å². The molecule has 0 fully saturated rings. The lowest BCUT2D eigenvalue weighted by Gasteiger charge is -2.08. The molecule has 0 amide bonds. The largest absolute Gasteiger partial charge is 0.497 e. The van der Waals surface area contributed by atoms with Gasteiger partial charge in [0.2, 0.25) is 0 Å². The Morgan fingerprint density at radius 2 is 1.38 bits per heavy atom. The first-order valence-corrected chi connectivity index (χ1v) is 6.63. The Balaban J connectivity index is 2.06. The van der Waals surface area contributed by atoms with Gasteiger partial charge in [0, 0.05) is 0 Å². The van der Waals surface area contributed by atoms with Gasteiger partial charge in [-0.3, -0.25) is 0 Å². The lowest BCUT2D eigenvalue weighted by Crippen LogP contribution is -1.88. The van der Waals surface area contributed by atoms with Crippen LogP contribution in [0.5, 0.6) is 11.5 Å². The molecule has 106 valence electrons. The molecule has 0 atom stereocenters. The Hall–Kier alpha value is -2.55. The Kier molecular flexibility index (Phi) is 3.48. The molecule has 0 heterocycles. The van der Waals surface area contributed by atoms with E-state index >= 15 is 0 Å². The summed E-state index contributed by atoms with van der Waals surface area (Å²) in [5, 5.41) is 2.18. The summed E-state index contributed by atoms with van der Waals surface area (Å²) in [5.74, 6) is 0.722. The average molecular weight is 282 g/mol. The van der Waals surface area contributed by atoms with Crippen LogP contribution in [0.4, 0.5) is 4.39 Å². The van der Waals surface area contributed by atoms with Crippen LogP contribution in [0.25, 0.3) is 21.9 Å². The maximum atomic E-state index is 13.8. The first kappa shape index (κ1) is 13.4. The molecule has 0 aromatic heterocycles. The molecule has 2 nitrogen and oxygen atoms in total. The average Bonchev–Trinajstić information content (AvgIpc) is 2.53. The second-order valence-corrected chi connectivity index (χ2v) is 4.78. The molecule has 0 spiro atoms. The van der Waals surface area contributed by atoms with Gasteiger partial charge in [0.05, 0.1) is 14.2 Å². The smallest absolute Gasteiger partial charge is 0.165 e. The lowest BCUT2D eigenvalue weighted by molar-refractivity contribution is 0.386. The number of ether oxygens (including phenoxy) is 2. The number of fused-ring (bicyclic) bond motifs is 1. The number of benzene rings is 3. The number of hydrogen-bond donors (Lipinski definition) is 0. The third-order valence-electron chi connectivity index (χ3n) is 3.53. The van der Waals surface area contributed by atoms with E-state index in [1.165, 1.54) is 13.2 Å². The van der Waals surface area contributed by atoms with Crippen LogP contribution in [-0.4, -0.2) is 14.2 Å². The van der Waals surface area contributed by atoms with Crippen LogP contribution in [0.2, 0.25) is 0 Å². The van der Waals surface area contributed by atoms with Gasteiger partial charge in [-0.2, -0.15) is 0 Å². The summed E-state index contributed by atoms with van der Waals surface area (Å²) in [7, 11) is 3.11. The molecule has 0 bridgehead atoms. The van der Waals surface area contributed by atoms with Gasteiger partial charge >= 0.3 is 0 Å². The first-order chi connectivity index (χ1) is 10.2. The number of halogens is 1. The van der Waals surface area contributed by atoms with Crippen molar-refractivity contribution in [3.8, 4) is 22.6 Å². The lowest BCUT2D eigenvalue weighted by atomic mass is 10.0. The molecule has 0 saturated carbocycles. The summed E-state index contributed by atoms with van der Waals surface area (Å²) in [6, 6.07) is 16.9. The number of rotatable bonds is 3. The van der Waals surface area contributed by atoms with E-state index in [0.717, 1.165) is 27.6 Å². The van der Waals surface area contributed by atoms with Gasteiger partial charge in [0.1, 0.15) is 5.75 Å². The van der Waals surface area contributed by atoms with E-state index in [2.05, 4.69) is 0 Å². The van der Waals surface area contributed by atoms with Crippen molar-refractivity contribution in [1.82, 2.24) is 0 Å². The third-order valence-corrected chi connectivity index (χ3v) is 3.53. The van der Waals surface area contributed by atoms with Gasteiger partial charge < -0.3 is 9.47 Å². The van der Waals surface area contributed by atoms with Crippen LogP contribution in [0.3, 0.4) is 0 Å². The van der Waals surface area contributed by atoms with Crippen molar-refractivity contribution in [2.24, 2.45) is 0 Å². The molecule has 0 saturated heterocycles. The highest BCUT2D eigenvalue weighted by atomic mass is 19.1. The van der Waals surface area contributed by atoms with Gasteiger partial charge in [0.15, 0.2) is 11.6 Å². The molecular formula is C18H15FO2. The van der Waals surface area contributed by atoms with E-state index in [1.807, 2.05) is 42.5 Å². The zero-order valence-corrected chi connectivity index (χ0v) is 11.9. The second kappa shape index (κ2) is 5.44. The minimum atomic E-state index is -0.357. The summed E-state index contributed by atoms with van der Waals surface area (Å²) in [5.41, 5.74) is 1.79. The standard InChI is InChI=1S/C18H15FO2/c1-20-16-7-5-13-9-12(3-4-14(13)10-16)15-6-8-18(21-2)17(19)11-15/h3-11H,1-2H3. The number of methoxy groups -OCH3 is 2. The monoisotopic (exact) mass is 282 g/mol. The molecule has 3 heteroatoms. The van der Waals surface area contributed by atoms with Crippen molar-refractivity contribution in [2.45, 2.75) is 0 Å². The molecule has 3 aromatic carbocycles. The highest BCUT2D eigenvalue weighted by Gasteiger charge is 2.06. The molecule has 0 aliphatic heterocycles. The normalized spacial score (nSPS) is 10.6. The fourth-order valence-electron chi connectivity index (χ4n) is 2.38. The van der Waals surface area contributed by atoms with Gasteiger partial charge in [-0.25, -0.2) is 4.39 Å². The van der Waals surface area contributed by atoms with Crippen LogP contribution in [-0.2, 0) is 0 Å². The van der Waals surface area contributed by atoms with Crippen molar-refractivity contribution in [1.29, 1.82) is 0 Å². The SMILES string of the molecule is COc1ccc2cc(-c3ccc(OC)c(F)c3)ccc2c1. The summed E-state index contributed by atoms with van der Waals surface area (Å²) in [4.78, 5) is 0. The van der Waals surface area contributed by atoms with Crippen molar-refractivity contribution in [3.05, 3.63) is 60.4 Å². The van der Waals surface area contributed by atoms with Gasteiger partial charge in [-0.05, 0) is 52.2 Å². The summed E-state index contributed by atoms with van der Waals surface area (Å²) < 4.78 is 24.0. The Morgan fingerprint density at radius 1 is 0.714 bits per heavy atom. The Morgan fingerprint density at radius 3 is 2.10 bits per heavy atom.